The summed E-state index contributed by atoms with van der Waals surface area (Å²) in [6.45, 7) is 7.37. The quantitative estimate of drug-likeness (QED) is 0.534. The zero-order valence-electron chi connectivity index (χ0n) is 17.0. The Morgan fingerprint density at radius 3 is 2.73 bits per heavy atom. The molecule has 2 aromatic heterocycles. The maximum atomic E-state index is 13.6. The lowest BCUT2D eigenvalue weighted by Crippen LogP contribution is -2.07. The number of aryl methyl sites for hydroxylation is 2. The average molecular weight is 407 g/mol. The number of pyridine rings is 1. The number of methoxy groups -OCH3 is 1. The predicted octanol–water partition coefficient (Wildman–Crippen LogP) is 4.42. The highest BCUT2D eigenvalue weighted by atomic mass is 19.1. The molecule has 0 unspecified atom stereocenters. The van der Waals surface area contributed by atoms with Crippen molar-refractivity contribution in [3.05, 3.63) is 71.7 Å². The summed E-state index contributed by atoms with van der Waals surface area (Å²) in [5.74, 6) is 0.438. The van der Waals surface area contributed by atoms with E-state index in [9.17, 15) is 9.18 Å². The molecule has 0 atom stereocenters. The van der Waals surface area contributed by atoms with Crippen LogP contribution in [0.2, 0.25) is 0 Å². The zero-order valence-corrected chi connectivity index (χ0v) is 17.0. The normalized spacial score (nSPS) is 10.4. The van der Waals surface area contributed by atoms with Gasteiger partial charge in [-0.15, -0.1) is 0 Å². The van der Waals surface area contributed by atoms with E-state index in [0.29, 0.717) is 11.6 Å². The Morgan fingerprint density at radius 1 is 1.20 bits per heavy atom. The molecule has 0 saturated heterocycles. The molecule has 0 aliphatic rings. The van der Waals surface area contributed by atoms with Crippen LogP contribution in [0.3, 0.4) is 0 Å². The number of hydrogen-bond donors (Lipinski definition) is 2. The standard InChI is InChI=1S/C22H22FN5O2/c1-5-16(29)11-15-10-13(2)6-8-18(15)25-20-14(3)12-24-22(28-20)27-19-9-7-17(23)21(26-19)30-4/h5-10,12H,1,11H2,2-4H3,(H2,24,25,26,27,28). The number of hydrogen-bond acceptors (Lipinski definition) is 7. The summed E-state index contributed by atoms with van der Waals surface area (Å²) in [6, 6.07) is 8.52. The van der Waals surface area contributed by atoms with Gasteiger partial charge in [0, 0.05) is 23.9 Å². The van der Waals surface area contributed by atoms with Crippen LogP contribution < -0.4 is 15.4 Å². The first kappa shape index (κ1) is 20.9. The van der Waals surface area contributed by atoms with Crippen LogP contribution in [0.1, 0.15) is 16.7 Å². The molecule has 1 aromatic carbocycles. The van der Waals surface area contributed by atoms with E-state index in [1.165, 1.54) is 25.3 Å². The lowest BCUT2D eigenvalue weighted by Gasteiger charge is -2.14. The van der Waals surface area contributed by atoms with Gasteiger partial charge in [-0.05, 0) is 43.7 Å². The van der Waals surface area contributed by atoms with Gasteiger partial charge < -0.3 is 15.4 Å². The van der Waals surface area contributed by atoms with Gasteiger partial charge in [0.2, 0.25) is 5.95 Å². The largest absolute Gasteiger partial charge is 0.479 e. The van der Waals surface area contributed by atoms with Crippen molar-refractivity contribution in [2.75, 3.05) is 17.7 Å². The summed E-state index contributed by atoms with van der Waals surface area (Å²) in [5.41, 5.74) is 3.47. The molecule has 0 saturated carbocycles. The number of rotatable bonds is 8. The highest BCUT2D eigenvalue weighted by Crippen LogP contribution is 2.25. The van der Waals surface area contributed by atoms with Gasteiger partial charge in [-0.2, -0.15) is 9.97 Å². The molecule has 7 nitrogen and oxygen atoms in total. The van der Waals surface area contributed by atoms with E-state index in [-0.39, 0.29) is 24.0 Å². The maximum absolute atomic E-state index is 13.6. The topological polar surface area (TPSA) is 89.0 Å². The minimum Gasteiger partial charge on any atom is -0.479 e. The lowest BCUT2D eigenvalue weighted by atomic mass is 10.0. The summed E-state index contributed by atoms with van der Waals surface area (Å²) in [5, 5.41) is 6.21. The van der Waals surface area contributed by atoms with Crippen LogP contribution in [0.25, 0.3) is 0 Å². The summed E-state index contributed by atoms with van der Waals surface area (Å²) in [6.07, 6.45) is 3.21. The molecule has 0 fully saturated rings. The Hall–Kier alpha value is -3.81. The molecular weight excluding hydrogens is 385 g/mol. The van der Waals surface area contributed by atoms with E-state index < -0.39 is 5.82 Å². The van der Waals surface area contributed by atoms with Gasteiger partial charge in [0.1, 0.15) is 11.6 Å². The number of allylic oxidation sites excluding steroid dienone is 1. The fourth-order valence-corrected chi connectivity index (χ4v) is 2.76. The number of ketones is 1. The van der Waals surface area contributed by atoms with E-state index in [4.69, 9.17) is 4.74 Å². The van der Waals surface area contributed by atoms with E-state index >= 15 is 0 Å². The third-order valence-electron chi connectivity index (χ3n) is 4.32. The molecule has 2 heterocycles. The minimum absolute atomic E-state index is 0.0678. The van der Waals surface area contributed by atoms with Crippen molar-refractivity contribution in [3.63, 3.8) is 0 Å². The van der Waals surface area contributed by atoms with Crippen molar-refractivity contribution < 1.29 is 13.9 Å². The monoisotopic (exact) mass is 407 g/mol. The third kappa shape index (κ3) is 4.96. The highest BCUT2D eigenvalue weighted by Gasteiger charge is 2.11. The Balaban J connectivity index is 1.88. The second-order valence-corrected chi connectivity index (χ2v) is 6.67. The molecule has 2 N–H and O–H groups in total. The first-order valence-corrected chi connectivity index (χ1v) is 9.22. The first-order chi connectivity index (χ1) is 14.4. The second-order valence-electron chi connectivity index (χ2n) is 6.67. The van der Waals surface area contributed by atoms with Gasteiger partial charge in [0.15, 0.2) is 11.6 Å². The third-order valence-corrected chi connectivity index (χ3v) is 4.32. The zero-order chi connectivity index (χ0) is 21.7. The fraction of sp³-hybridized carbons (Fsp3) is 0.182. The summed E-state index contributed by atoms with van der Waals surface area (Å²) in [7, 11) is 1.34. The number of carbonyl (C=O) groups is 1. The van der Waals surface area contributed by atoms with Crippen molar-refractivity contribution >= 4 is 29.1 Å². The molecule has 3 rings (SSSR count). The number of aromatic nitrogens is 3. The molecule has 0 bridgehead atoms. The fourth-order valence-electron chi connectivity index (χ4n) is 2.76. The molecule has 30 heavy (non-hydrogen) atoms. The summed E-state index contributed by atoms with van der Waals surface area (Å²) < 4.78 is 18.5. The highest BCUT2D eigenvalue weighted by molar-refractivity contribution is 5.92. The number of benzene rings is 1. The molecule has 154 valence electrons. The second kappa shape index (κ2) is 9.13. The molecule has 0 radical (unpaired) electrons. The number of ether oxygens (including phenoxy) is 1. The van der Waals surface area contributed by atoms with E-state index in [2.05, 4.69) is 32.2 Å². The van der Waals surface area contributed by atoms with Gasteiger partial charge in [-0.25, -0.2) is 9.37 Å². The SMILES string of the molecule is C=CC(=O)Cc1cc(C)ccc1Nc1nc(Nc2ccc(F)c(OC)n2)ncc1C. The Kier molecular flexibility index (Phi) is 6.36. The van der Waals surface area contributed by atoms with E-state index in [1.807, 2.05) is 32.0 Å². The Labute approximate surface area is 174 Å². The average Bonchev–Trinajstić information content (AvgIpc) is 2.73. The molecule has 0 aliphatic carbocycles. The van der Waals surface area contributed by atoms with Crippen LogP contribution in [0.15, 0.2) is 49.2 Å². The number of nitrogens with zero attached hydrogens (tertiary/aromatic N) is 3. The van der Waals surface area contributed by atoms with Gasteiger partial charge in [0.05, 0.1) is 7.11 Å². The van der Waals surface area contributed by atoms with Gasteiger partial charge in [-0.1, -0.05) is 24.3 Å². The molecule has 0 aliphatic heterocycles. The van der Waals surface area contributed by atoms with Gasteiger partial charge >= 0.3 is 0 Å². The van der Waals surface area contributed by atoms with Crippen LogP contribution >= 0.6 is 0 Å². The smallest absolute Gasteiger partial charge is 0.252 e. The van der Waals surface area contributed by atoms with Gasteiger partial charge in [-0.3, -0.25) is 4.79 Å². The van der Waals surface area contributed by atoms with Gasteiger partial charge in [0.25, 0.3) is 5.88 Å². The van der Waals surface area contributed by atoms with Crippen LogP contribution in [0.5, 0.6) is 5.88 Å². The number of nitrogens with one attached hydrogen (secondary N) is 2. The molecule has 0 amide bonds. The van der Waals surface area contributed by atoms with Crippen LogP contribution in [0.4, 0.5) is 27.7 Å². The molecular formula is C22H22FN5O2. The molecule has 0 spiro atoms. The van der Waals surface area contributed by atoms with Crippen LogP contribution in [0, 0.1) is 19.7 Å². The first-order valence-electron chi connectivity index (χ1n) is 9.22. The van der Waals surface area contributed by atoms with Crippen molar-refractivity contribution in [3.8, 4) is 5.88 Å². The minimum atomic E-state index is -0.559. The van der Waals surface area contributed by atoms with Crippen molar-refractivity contribution in [1.29, 1.82) is 0 Å². The predicted molar refractivity (Wildman–Crippen MR) is 114 cm³/mol. The maximum Gasteiger partial charge on any atom is 0.252 e. The molecule has 8 heteroatoms. The van der Waals surface area contributed by atoms with Crippen molar-refractivity contribution in [1.82, 2.24) is 15.0 Å². The summed E-state index contributed by atoms with van der Waals surface area (Å²) >= 11 is 0. The summed E-state index contributed by atoms with van der Waals surface area (Å²) in [4.78, 5) is 24.6. The van der Waals surface area contributed by atoms with Crippen molar-refractivity contribution in [2.24, 2.45) is 0 Å². The van der Waals surface area contributed by atoms with Crippen molar-refractivity contribution in [2.45, 2.75) is 20.3 Å². The number of halogens is 1. The van der Waals surface area contributed by atoms with E-state index in [1.54, 1.807) is 6.20 Å². The number of carbonyl (C=O) groups excluding carboxylic acids is 1. The van der Waals surface area contributed by atoms with E-state index in [0.717, 1.165) is 22.4 Å². The Bertz CT molecular complexity index is 1100. The Morgan fingerprint density at radius 2 is 2.00 bits per heavy atom. The lowest BCUT2D eigenvalue weighted by molar-refractivity contribution is -0.114. The molecule has 3 aromatic rings. The van der Waals surface area contributed by atoms with Crippen LogP contribution in [-0.2, 0) is 11.2 Å². The van der Waals surface area contributed by atoms with Crippen LogP contribution in [-0.4, -0.2) is 27.8 Å². The number of anilines is 4.